The van der Waals surface area contributed by atoms with Crippen molar-refractivity contribution in [1.29, 1.82) is 0 Å². The highest BCUT2D eigenvalue weighted by Gasteiger charge is 2.33. The molecule has 0 aromatic heterocycles. The number of nitrogens with zero attached hydrogens (tertiary/aromatic N) is 2. The van der Waals surface area contributed by atoms with Gasteiger partial charge in [-0.15, -0.1) is 0 Å². The molecule has 0 saturated carbocycles. The standard InChI is InChI=1S/C28H30Cl3N3O4S/c1-4-15-32-28(36)20(3)33(17-21-7-5-6-8-24(21)29)27(35)18-34(22-11-14-25(30)26(31)16-22)39(37,38)23-12-9-19(2)10-13-23/h5-14,16,20H,4,15,17-18H2,1-3H3,(H,32,36)/t20-/m1/s1. The summed E-state index contributed by atoms with van der Waals surface area (Å²) in [6, 6.07) is 16.7. The molecule has 0 heterocycles. The normalized spacial score (nSPS) is 12.1. The van der Waals surface area contributed by atoms with E-state index in [2.05, 4.69) is 5.32 Å². The van der Waals surface area contributed by atoms with Crippen molar-refractivity contribution in [3.05, 3.63) is 92.9 Å². The molecule has 0 unspecified atom stereocenters. The molecule has 0 fully saturated rings. The van der Waals surface area contributed by atoms with Crippen LogP contribution >= 0.6 is 34.8 Å². The number of amides is 2. The third kappa shape index (κ3) is 7.66. The van der Waals surface area contributed by atoms with Crippen molar-refractivity contribution in [2.75, 3.05) is 17.4 Å². The zero-order chi connectivity index (χ0) is 28.7. The Morgan fingerprint density at radius 3 is 2.21 bits per heavy atom. The zero-order valence-corrected chi connectivity index (χ0v) is 24.9. The molecule has 3 rings (SSSR count). The molecule has 0 saturated heterocycles. The maximum atomic E-state index is 13.9. The van der Waals surface area contributed by atoms with E-state index in [1.54, 1.807) is 43.3 Å². The summed E-state index contributed by atoms with van der Waals surface area (Å²) in [4.78, 5) is 28.1. The van der Waals surface area contributed by atoms with E-state index in [1.165, 1.54) is 35.2 Å². The van der Waals surface area contributed by atoms with E-state index in [4.69, 9.17) is 34.8 Å². The molecule has 7 nitrogen and oxygen atoms in total. The van der Waals surface area contributed by atoms with Crippen molar-refractivity contribution in [2.24, 2.45) is 0 Å². The molecule has 0 aliphatic rings. The summed E-state index contributed by atoms with van der Waals surface area (Å²) in [6.07, 6.45) is 0.719. The molecule has 0 radical (unpaired) electrons. The predicted molar refractivity (Wildman–Crippen MR) is 157 cm³/mol. The fraction of sp³-hybridized carbons (Fsp3) is 0.286. The lowest BCUT2D eigenvalue weighted by atomic mass is 10.1. The zero-order valence-electron chi connectivity index (χ0n) is 21.8. The second-order valence-electron chi connectivity index (χ2n) is 9.00. The summed E-state index contributed by atoms with van der Waals surface area (Å²) in [7, 11) is -4.21. The molecule has 0 aliphatic heterocycles. The smallest absolute Gasteiger partial charge is 0.264 e. The number of benzene rings is 3. The second kappa shape index (κ2) is 13.5. The summed E-state index contributed by atoms with van der Waals surface area (Å²) in [5, 5.41) is 3.59. The fourth-order valence-corrected chi connectivity index (χ4v) is 5.69. The molecule has 2 amide bonds. The average Bonchev–Trinajstić information content (AvgIpc) is 2.91. The van der Waals surface area contributed by atoms with Gasteiger partial charge >= 0.3 is 0 Å². The van der Waals surface area contributed by atoms with Gasteiger partial charge in [0.2, 0.25) is 11.8 Å². The Labute approximate surface area is 244 Å². The lowest BCUT2D eigenvalue weighted by Gasteiger charge is -2.32. The Hall–Kier alpha value is -2.78. The quantitative estimate of drug-likeness (QED) is 0.285. The number of carbonyl (C=O) groups is 2. The molecule has 11 heteroatoms. The van der Waals surface area contributed by atoms with E-state index >= 15 is 0 Å². The van der Waals surface area contributed by atoms with Crippen LogP contribution in [0.2, 0.25) is 15.1 Å². The number of nitrogens with one attached hydrogen (secondary N) is 1. The SMILES string of the molecule is CCCNC(=O)[C@@H](C)N(Cc1ccccc1Cl)C(=O)CN(c1ccc(Cl)c(Cl)c1)S(=O)(=O)c1ccc(C)cc1. The van der Waals surface area contributed by atoms with Gasteiger partial charge in [-0.1, -0.05) is 77.6 Å². The third-order valence-corrected chi connectivity index (χ3v) is 8.99. The van der Waals surface area contributed by atoms with Crippen LogP contribution in [0.15, 0.2) is 71.6 Å². The highest BCUT2D eigenvalue weighted by Crippen LogP contribution is 2.31. The van der Waals surface area contributed by atoms with Crippen molar-refractivity contribution in [2.45, 2.75) is 44.7 Å². The molecule has 3 aromatic rings. The molecule has 1 N–H and O–H groups in total. The lowest BCUT2D eigenvalue weighted by molar-refractivity contribution is -0.139. The summed E-state index contributed by atoms with van der Waals surface area (Å²) >= 11 is 18.7. The van der Waals surface area contributed by atoms with Crippen LogP contribution in [-0.4, -0.2) is 44.3 Å². The molecule has 0 aliphatic carbocycles. The summed E-state index contributed by atoms with van der Waals surface area (Å²) < 4.78 is 28.6. The topological polar surface area (TPSA) is 86.8 Å². The van der Waals surface area contributed by atoms with Gasteiger partial charge in [-0.25, -0.2) is 8.42 Å². The molecule has 0 bridgehead atoms. The third-order valence-electron chi connectivity index (χ3n) is 6.09. The molecule has 1 atom stereocenters. The van der Waals surface area contributed by atoms with E-state index in [1.807, 2.05) is 13.8 Å². The number of sulfonamides is 1. The number of carbonyl (C=O) groups excluding carboxylic acids is 2. The summed E-state index contributed by atoms with van der Waals surface area (Å²) in [5.74, 6) is -0.962. The van der Waals surface area contributed by atoms with Crippen molar-refractivity contribution in [3.63, 3.8) is 0 Å². The molecular formula is C28H30Cl3N3O4S. The molecule has 39 heavy (non-hydrogen) atoms. The molecule has 3 aromatic carbocycles. The highest BCUT2D eigenvalue weighted by molar-refractivity contribution is 7.92. The Morgan fingerprint density at radius 1 is 0.923 bits per heavy atom. The Kier molecular flexibility index (Phi) is 10.7. The van der Waals surface area contributed by atoms with Gasteiger partial charge in [0.1, 0.15) is 12.6 Å². The minimum absolute atomic E-state index is 0.000981. The van der Waals surface area contributed by atoms with E-state index in [0.717, 1.165) is 16.3 Å². The maximum absolute atomic E-state index is 13.9. The van der Waals surface area contributed by atoms with Gasteiger partial charge in [-0.3, -0.25) is 13.9 Å². The van der Waals surface area contributed by atoms with Crippen molar-refractivity contribution >= 4 is 62.3 Å². The minimum atomic E-state index is -4.21. The van der Waals surface area contributed by atoms with Crippen LogP contribution in [0.25, 0.3) is 0 Å². The van der Waals surface area contributed by atoms with Crippen molar-refractivity contribution in [1.82, 2.24) is 10.2 Å². The summed E-state index contributed by atoms with van der Waals surface area (Å²) in [5.41, 5.74) is 1.65. The molecular weight excluding hydrogens is 581 g/mol. The number of hydrogen-bond donors (Lipinski definition) is 1. The van der Waals surface area contributed by atoms with Crippen LogP contribution in [-0.2, 0) is 26.2 Å². The Bertz CT molecular complexity index is 1430. The van der Waals surface area contributed by atoms with Gasteiger partial charge < -0.3 is 10.2 Å². The van der Waals surface area contributed by atoms with Gasteiger partial charge in [0.05, 0.1) is 20.6 Å². The van der Waals surface area contributed by atoms with Crippen LogP contribution in [0.4, 0.5) is 5.69 Å². The predicted octanol–water partition coefficient (Wildman–Crippen LogP) is 6.09. The first-order chi connectivity index (χ1) is 18.4. The average molecular weight is 611 g/mol. The number of hydrogen-bond acceptors (Lipinski definition) is 4. The first-order valence-electron chi connectivity index (χ1n) is 12.3. The monoisotopic (exact) mass is 609 g/mol. The van der Waals surface area contributed by atoms with E-state index in [0.29, 0.717) is 17.1 Å². The van der Waals surface area contributed by atoms with Crippen LogP contribution in [0.5, 0.6) is 0 Å². The first-order valence-corrected chi connectivity index (χ1v) is 14.9. The van der Waals surface area contributed by atoms with Gasteiger partial charge in [-0.05, 0) is 62.2 Å². The van der Waals surface area contributed by atoms with E-state index in [9.17, 15) is 18.0 Å². The van der Waals surface area contributed by atoms with Gasteiger partial charge in [0.15, 0.2) is 0 Å². The molecule has 0 spiro atoms. The van der Waals surface area contributed by atoms with Gasteiger partial charge in [-0.2, -0.15) is 0 Å². The summed E-state index contributed by atoms with van der Waals surface area (Å²) in [6.45, 7) is 5.20. The van der Waals surface area contributed by atoms with Crippen LogP contribution in [0, 0.1) is 6.92 Å². The number of rotatable bonds is 11. The largest absolute Gasteiger partial charge is 0.354 e. The second-order valence-corrected chi connectivity index (χ2v) is 12.1. The fourth-order valence-electron chi connectivity index (χ4n) is 3.80. The van der Waals surface area contributed by atoms with Crippen molar-refractivity contribution < 1.29 is 18.0 Å². The van der Waals surface area contributed by atoms with E-state index in [-0.39, 0.29) is 33.1 Å². The number of halogens is 3. The Morgan fingerprint density at radius 2 is 1.59 bits per heavy atom. The van der Waals surface area contributed by atoms with Crippen molar-refractivity contribution in [3.8, 4) is 0 Å². The minimum Gasteiger partial charge on any atom is -0.354 e. The van der Waals surface area contributed by atoms with E-state index < -0.39 is 28.5 Å². The lowest BCUT2D eigenvalue weighted by Crippen LogP contribution is -2.51. The molecule has 208 valence electrons. The Balaban J connectivity index is 2.05. The first kappa shape index (κ1) is 30.8. The van der Waals surface area contributed by atoms with Crippen LogP contribution < -0.4 is 9.62 Å². The number of aryl methyl sites for hydroxylation is 1. The van der Waals surface area contributed by atoms with Crippen LogP contribution in [0.1, 0.15) is 31.4 Å². The van der Waals surface area contributed by atoms with Crippen LogP contribution in [0.3, 0.4) is 0 Å². The number of anilines is 1. The maximum Gasteiger partial charge on any atom is 0.264 e. The van der Waals surface area contributed by atoms with Gasteiger partial charge in [0.25, 0.3) is 10.0 Å². The van der Waals surface area contributed by atoms with Gasteiger partial charge in [0, 0.05) is 18.1 Å². The highest BCUT2D eigenvalue weighted by atomic mass is 35.5.